The lowest BCUT2D eigenvalue weighted by molar-refractivity contribution is 0.214. The van der Waals surface area contributed by atoms with E-state index in [-0.39, 0.29) is 23.2 Å². The van der Waals surface area contributed by atoms with E-state index < -0.39 is 10.0 Å². The van der Waals surface area contributed by atoms with Crippen LogP contribution in [0, 0.1) is 0 Å². The standard InChI is InChI=1S/C16H16N4O4S/c21-16-18-14-4-3-13(8-15(14)19-16)25(22,23)20-7-5-12(10-20)24-11-2-1-6-17-9-11/h1-4,6,8-9,12H,5,7,10H2,(H2,18,19,21). The van der Waals surface area contributed by atoms with Crippen molar-refractivity contribution in [3.63, 3.8) is 0 Å². The zero-order valence-corrected chi connectivity index (χ0v) is 14.0. The first kappa shape index (κ1) is 15.9. The average Bonchev–Trinajstić information content (AvgIpc) is 3.21. The fourth-order valence-corrected chi connectivity index (χ4v) is 4.46. The molecule has 9 heteroatoms. The molecule has 130 valence electrons. The summed E-state index contributed by atoms with van der Waals surface area (Å²) in [7, 11) is -3.64. The van der Waals surface area contributed by atoms with E-state index in [0.717, 1.165) is 0 Å². The van der Waals surface area contributed by atoms with Crippen LogP contribution >= 0.6 is 0 Å². The molecule has 8 nitrogen and oxygen atoms in total. The molecule has 4 rings (SSSR count). The predicted octanol–water partition coefficient (Wildman–Crippen LogP) is 1.09. The van der Waals surface area contributed by atoms with E-state index in [1.807, 2.05) is 0 Å². The van der Waals surface area contributed by atoms with Crippen LogP contribution in [0.1, 0.15) is 6.42 Å². The van der Waals surface area contributed by atoms with Gasteiger partial charge in [0.05, 0.1) is 28.7 Å². The second-order valence-corrected chi connectivity index (χ2v) is 7.80. The van der Waals surface area contributed by atoms with Crippen LogP contribution in [0.3, 0.4) is 0 Å². The van der Waals surface area contributed by atoms with Crippen LogP contribution in [-0.4, -0.2) is 46.9 Å². The second-order valence-electron chi connectivity index (χ2n) is 5.87. The molecule has 1 aliphatic heterocycles. The van der Waals surface area contributed by atoms with Crippen molar-refractivity contribution in [3.05, 3.63) is 53.2 Å². The van der Waals surface area contributed by atoms with Gasteiger partial charge in [0.2, 0.25) is 10.0 Å². The van der Waals surface area contributed by atoms with Crippen LogP contribution in [0.2, 0.25) is 0 Å². The Morgan fingerprint density at radius 2 is 2.04 bits per heavy atom. The molecular weight excluding hydrogens is 344 g/mol. The quantitative estimate of drug-likeness (QED) is 0.724. The molecule has 25 heavy (non-hydrogen) atoms. The van der Waals surface area contributed by atoms with Crippen molar-refractivity contribution in [1.82, 2.24) is 19.3 Å². The Bertz CT molecular complexity index is 1060. The van der Waals surface area contributed by atoms with E-state index in [0.29, 0.717) is 29.7 Å². The first-order valence-electron chi connectivity index (χ1n) is 7.81. The summed E-state index contributed by atoms with van der Waals surface area (Å²) in [6.45, 7) is 0.661. The van der Waals surface area contributed by atoms with Gasteiger partial charge in [0.1, 0.15) is 11.9 Å². The van der Waals surface area contributed by atoms with Crippen LogP contribution in [-0.2, 0) is 10.0 Å². The number of ether oxygens (including phenoxy) is 1. The normalized spacial score (nSPS) is 18.6. The number of nitrogens with one attached hydrogen (secondary N) is 2. The molecule has 0 bridgehead atoms. The van der Waals surface area contributed by atoms with Crippen molar-refractivity contribution in [3.8, 4) is 5.75 Å². The molecule has 0 amide bonds. The lowest BCUT2D eigenvalue weighted by Gasteiger charge is -2.17. The van der Waals surface area contributed by atoms with E-state index in [9.17, 15) is 13.2 Å². The largest absolute Gasteiger partial charge is 0.487 e. The summed E-state index contributed by atoms with van der Waals surface area (Å²) < 4.78 is 32.9. The molecule has 1 unspecified atom stereocenters. The van der Waals surface area contributed by atoms with Crippen LogP contribution < -0.4 is 10.4 Å². The Kier molecular flexibility index (Phi) is 3.81. The Morgan fingerprint density at radius 3 is 2.84 bits per heavy atom. The highest BCUT2D eigenvalue weighted by Gasteiger charge is 2.33. The van der Waals surface area contributed by atoms with Gasteiger partial charge in [-0.3, -0.25) is 4.98 Å². The number of fused-ring (bicyclic) bond motifs is 1. The SMILES string of the molecule is O=c1[nH]c2ccc(S(=O)(=O)N3CCC(Oc4cccnc4)C3)cc2[nH]1. The number of benzene rings is 1. The third kappa shape index (κ3) is 3.03. The zero-order chi connectivity index (χ0) is 17.4. The second kappa shape index (κ2) is 6.01. The number of rotatable bonds is 4. The Morgan fingerprint density at radius 1 is 1.20 bits per heavy atom. The summed E-state index contributed by atoms with van der Waals surface area (Å²) in [6, 6.07) is 8.11. The Balaban J connectivity index is 1.54. The Labute approximate surface area is 143 Å². The van der Waals surface area contributed by atoms with Gasteiger partial charge in [-0.15, -0.1) is 0 Å². The molecule has 0 radical (unpaired) electrons. The minimum atomic E-state index is -3.64. The summed E-state index contributed by atoms with van der Waals surface area (Å²) >= 11 is 0. The highest BCUT2D eigenvalue weighted by Crippen LogP contribution is 2.25. The zero-order valence-electron chi connectivity index (χ0n) is 13.2. The van der Waals surface area contributed by atoms with Crippen molar-refractivity contribution in [1.29, 1.82) is 0 Å². The van der Waals surface area contributed by atoms with Crippen LogP contribution in [0.5, 0.6) is 5.75 Å². The summed E-state index contributed by atoms with van der Waals surface area (Å²) in [4.78, 5) is 20.6. The molecule has 1 saturated heterocycles. The Hall–Kier alpha value is -2.65. The summed E-state index contributed by atoms with van der Waals surface area (Å²) in [6.07, 6.45) is 3.65. The number of imidazole rings is 1. The summed E-state index contributed by atoms with van der Waals surface area (Å²) in [5.74, 6) is 0.623. The van der Waals surface area contributed by atoms with Crippen LogP contribution in [0.4, 0.5) is 0 Å². The minimum absolute atomic E-state index is 0.150. The maximum absolute atomic E-state index is 12.8. The van der Waals surface area contributed by atoms with Gasteiger partial charge in [-0.05, 0) is 36.8 Å². The van der Waals surface area contributed by atoms with Crippen molar-refractivity contribution in [2.45, 2.75) is 17.4 Å². The number of sulfonamides is 1. The van der Waals surface area contributed by atoms with Gasteiger partial charge in [-0.2, -0.15) is 4.31 Å². The molecule has 2 N–H and O–H groups in total. The van der Waals surface area contributed by atoms with Gasteiger partial charge >= 0.3 is 5.69 Å². The first-order chi connectivity index (χ1) is 12.0. The molecule has 3 heterocycles. The van der Waals surface area contributed by atoms with Gasteiger partial charge in [-0.1, -0.05) is 0 Å². The van der Waals surface area contributed by atoms with Crippen molar-refractivity contribution in [2.24, 2.45) is 0 Å². The third-order valence-electron chi connectivity index (χ3n) is 4.17. The summed E-state index contributed by atoms with van der Waals surface area (Å²) in [5, 5.41) is 0. The molecule has 2 aromatic heterocycles. The fourth-order valence-electron chi connectivity index (χ4n) is 2.94. The number of H-pyrrole nitrogens is 2. The van der Waals surface area contributed by atoms with Crippen molar-refractivity contribution >= 4 is 21.1 Å². The number of aromatic nitrogens is 3. The number of nitrogens with zero attached hydrogens (tertiary/aromatic N) is 2. The third-order valence-corrected chi connectivity index (χ3v) is 6.03. The van der Waals surface area contributed by atoms with Gasteiger partial charge in [0.25, 0.3) is 0 Å². The topological polar surface area (TPSA) is 108 Å². The lowest BCUT2D eigenvalue weighted by atomic mass is 10.3. The van der Waals surface area contributed by atoms with Crippen LogP contribution in [0.25, 0.3) is 11.0 Å². The summed E-state index contributed by atoms with van der Waals surface area (Å²) in [5.41, 5.74) is 0.673. The van der Waals surface area contributed by atoms with E-state index in [1.165, 1.54) is 16.4 Å². The van der Waals surface area contributed by atoms with Gasteiger partial charge in [0.15, 0.2) is 0 Å². The highest BCUT2D eigenvalue weighted by atomic mass is 32.2. The maximum atomic E-state index is 12.8. The smallest absolute Gasteiger partial charge is 0.323 e. The number of hydrogen-bond acceptors (Lipinski definition) is 5. The van der Waals surface area contributed by atoms with Gasteiger partial charge < -0.3 is 14.7 Å². The fraction of sp³-hybridized carbons (Fsp3) is 0.250. The lowest BCUT2D eigenvalue weighted by Crippen LogP contribution is -2.31. The molecule has 3 aromatic rings. The van der Waals surface area contributed by atoms with Crippen molar-refractivity contribution < 1.29 is 13.2 Å². The molecule has 0 spiro atoms. The number of hydrogen-bond donors (Lipinski definition) is 2. The monoisotopic (exact) mass is 360 g/mol. The molecular formula is C16H16N4O4S. The van der Waals surface area contributed by atoms with E-state index in [2.05, 4.69) is 15.0 Å². The minimum Gasteiger partial charge on any atom is -0.487 e. The number of aromatic amines is 2. The molecule has 1 aliphatic rings. The van der Waals surface area contributed by atoms with E-state index >= 15 is 0 Å². The molecule has 0 saturated carbocycles. The average molecular weight is 360 g/mol. The molecule has 1 aromatic carbocycles. The molecule has 0 aliphatic carbocycles. The molecule has 1 atom stereocenters. The van der Waals surface area contributed by atoms with Crippen LogP contribution in [0.15, 0.2) is 52.4 Å². The van der Waals surface area contributed by atoms with E-state index in [1.54, 1.807) is 30.6 Å². The number of pyridine rings is 1. The van der Waals surface area contributed by atoms with Crippen molar-refractivity contribution in [2.75, 3.05) is 13.1 Å². The first-order valence-corrected chi connectivity index (χ1v) is 9.25. The maximum Gasteiger partial charge on any atom is 0.323 e. The molecule has 1 fully saturated rings. The highest BCUT2D eigenvalue weighted by molar-refractivity contribution is 7.89. The van der Waals surface area contributed by atoms with Gasteiger partial charge in [-0.25, -0.2) is 13.2 Å². The van der Waals surface area contributed by atoms with E-state index in [4.69, 9.17) is 4.74 Å². The predicted molar refractivity (Wildman–Crippen MR) is 90.9 cm³/mol. The van der Waals surface area contributed by atoms with Gasteiger partial charge in [0, 0.05) is 12.7 Å².